The summed E-state index contributed by atoms with van der Waals surface area (Å²) in [5.41, 5.74) is -0.526. The Morgan fingerprint density at radius 2 is 2.05 bits per heavy atom. The molecule has 2 rings (SSSR count). The first-order valence-corrected chi connectivity index (χ1v) is 7.13. The molecule has 1 saturated heterocycles. The summed E-state index contributed by atoms with van der Waals surface area (Å²) in [7, 11) is 0. The lowest BCUT2D eigenvalue weighted by molar-refractivity contribution is -0.0393. The predicted octanol–water partition coefficient (Wildman–Crippen LogP) is 2.09. The number of hydrogen-bond donors (Lipinski definition) is 1. The molecule has 2 unspecified atom stereocenters. The molecule has 0 aromatic carbocycles. The van der Waals surface area contributed by atoms with E-state index in [9.17, 15) is 9.90 Å². The summed E-state index contributed by atoms with van der Waals surface area (Å²) in [5.74, 6) is 0. The van der Waals surface area contributed by atoms with Gasteiger partial charge in [0.1, 0.15) is 11.8 Å². The summed E-state index contributed by atoms with van der Waals surface area (Å²) >= 11 is 0. The first-order chi connectivity index (χ1) is 9.37. The van der Waals surface area contributed by atoms with Crippen molar-refractivity contribution in [3.63, 3.8) is 0 Å². The molecular formula is C15H24N2O3. The van der Waals surface area contributed by atoms with Crippen LogP contribution in [0.25, 0.3) is 0 Å². The van der Waals surface area contributed by atoms with Gasteiger partial charge in [-0.3, -0.25) is 4.90 Å². The van der Waals surface area contributed by atoms with Gasteiger partial charge in [-0.15, -0.1) is 0 Å². The molecule has 20 heavy (non-hydrogen) atoms. The number of carbonyl (C=O) groups excluding carboxylic acids is 1. The largest absolute Gasteiger partial charge is 0.444 e. The molecule has 2 aliphatic heterocycles. The molecule has 2 aliphatic rings. The molecule has 5 nitrogen and oxygen atoms in total. The maximum atomic E-state index is 12.3. The summed E-state index contributed by atoms with van der Waals surface area (Å²) in [6.45, 7) is 6.65. The van der Waals surface area contributed by atoms with Crippen molar-refractivity contribution in [1.82, 2.24) is 9.80 Å². The Labute approximate surface area is 120 Å². The number of amides is 1. The third kappa shape index (κ3) is 3.76. The molecule has 0 aliphatic carbocycles. The van der Waals surface area contributed by atoms with Crippen molar-refractivity contribution in [2.75, 3.05) is 13.1 Å². The molecular weight excluding hydrogens is 256 g/mol. The van der Waals surface area contributed by atoms with Gasteiger partial charge in [0.05, 0.1) is 12.6 Å². The van der Waals surface area contributed by atoms with Crippen molar-refractivity contribution >= 4 is 6.09 Å². The number of nitrogens with zero attached hydrogens (tertiary/aromatic N) is 2. The number of likely N-dealkylation sites (tertiary alicyclic amines) is 1. The fourth-order valence-electron chi connectivity index (χ4n) is 2.50. The molecule has 1 N–H and O–H groups in total. The van der Waals surface area contributed by atoms with Gasteiger partial charge < -0.3 is 14.7 Å². The quantitative estimate of drug-likeness (QED) is 0.799. The topological polar surface area (TPSA) is 53.0 Å². The highest BCUT2D eigenvalue weighted by atomic mass is 16.6. The lowest BCUT2D eigenvalue weighted by Crippen LogP contribution is -2.56. The minimum atomic E-state index is -0.526. The lowest BCUT2D eigenvalue weighted by atomic mass is 10.0. The fraction of sp³-hybridized carbons (Fsp3) is 0.667. The predicted molar refractivity (Wildman–Crippen MR) is 77.0 cm³/mol. The van der Waals surface area contributed by atoms with Crippen molar-refractivity contribution in [2.24, 2.45) is 0 Å². The van der Waals surface area contributed by atoms with Gasteiger partial charge in [0.15, 0.2) is 0 Å². The third-order valence-electron chi connectivity index (χ3n) is 3.38. The number of aliphatic hydroxyl groups is 1. The van der Waals surface area contributed by atoms with E-state index >= 15 is 0 Å². The van der Waals surface area contributed by atoms with E-state index in [1.165, 1.54) is 0 Å². The zero-order chi connectivity index (χ0) is 14.8. The number of piperidine rings is 1. The lowest BCUT2D eigenvalue weighted by Gasteiger charge is -2.43. The van der Waals surface area contributed by atoms with Crippen LogP contribution in [0.15, 0.2) is 24.4 Å². The summed E-state index contributed by atoms with van der Waals surface area (Å²) in [6, 6.07) is 0. The summed E-state index contributed by atoms with van der Waals surface area (Å²) < 4.78 is 5.45. The highest BCUT2D eigenvalue weighted by molar-refractivity contribution is 5.68. The molecule has 1 amide bonds. The maximum Gasteiger partial charge on any atom is 0.412 e. The zero-order valence-corrected chi connectivity index (χ0v) is 12.5. The molecule has 2 atom stereocenters. The van der Waals surface area contributed by atoms with Crippen LogP contribution in [0.3, 0.4) is 0 Å². The van der Waals surface area contributed by atoms with Crippen molar-refractivity contribution in [1.29, 1.82) is 0 Å². The number of β-amino-alcohol motifs (C(OH)–C–C–N with tert-alkyl or cyclic N) is 1. The normalized spacial score (nSPS) is 26.8. The standard InChI is InChI=1S/C15H24N2O3/c1-15(2,3)20-14(19)17-11-12(18)7-8-13(17)16-9-5-4-6-10-16/h4-6,9,12-13,18H,7-8,10-11H2,1-3H3. The number of aliphatic hydroxyl groups excluding tert-OH is 1. The van der Waals surface area contributed by atoms with Crippen LogP contribution in [-0.4, -0.2) is 52.0 Å². The third-order valence-corrected chi connectivity index (χ3v) is 3.38. The molecule has 5 heteroatoms. The Bertz CT molecular complexity index is 412. The second-order valence-corrected chi connectivity index (χ2v) is 6.31. The van der Waals surface area contributed by atoms with Crippen LogP contribution in [0, 0.1) is 0 Å². The molecule has 0 spiro atoms. The highest BCUT2D eigenvalue weighted by Crippen LogP contribution is 2.24. The van der Waals surface area contributed by atoms with E-state index in [0.717, 1.165) is 13.0 Å². The van der Waals surface area contributed by atoms with Crippen LogP contribution in [0.4, 0.5) is 4.79 Å². The second kappa shape index (κ2) is 5.87. The van der Waals surface area contributed by atoms with Gasteiger partial charge in [-0.2, -0.15) is 0 Å². The Morgan fingerprint density at radius 1 is 1.30 bits per heavy atom. The van der Waals surface area contributed by atoms with Crippen LogP contribution in [0.2, 0.25) is 0 Å². The zero-order valence-electron chi connectivity index (χ0n) is 12.5. The van der Waals surface area contributed by atoms with E-state index < -0.39 is 11.7 Å². The minimum Gasteiger partial charge on any atom is -0.444 e. The van der Waals surface area contributed by atoms with Gasteiger partial charge in [-0.05, 0) is 39.7 Å². The Balaban J connectivity index is 2.10. The van der Waals surface area contributed by atoms with Crippen molar-refractivity contribution < 1.29 is 14.6 Å². The van der Waals surface area contributed by atoms with Crippen molar-refractivity contribution in [3.8, 4) is 0 Å². The smallest absolute Gasteiger partial charge is 0.412 e. The van der Waals surface area contributed by atoms with E-state index in [-0.39, 0.29) is 12.3 Å². The maximum absolute atomic E-state index is 12.3. The van der Waals surface area contributed by atoms with Crippen LogP contribution in [0.5, 0.6) is 0 Å². The van der Waals surface area contributed by atoms with Gasteiger partial charge in [0, 0.05) is 12.7 Å². The van der Waals surface area contributed by atoms with Crippen molar-refractivity contribution in [3.05, 3.63) is 24.4 Å². The highest BCUT2D eigenvalue weighted by Gasteiger charge is 2.36. The van der Waals surface area contributed by atoms with E-state index in [4.69, 9.17) is 4.74 Å². The van der Waals surface area contributed by atoms with Crippen LogP contribution < -0.4 is 0 Å². The Kier molecular flexibility index (Phi) is 4.38. The molecule has 0 radical (unpaired) electrons. The van der Waals surface area contributed by atoms with Gasteiger partial charge in [-0.25, -0.2) is 4.79 Å². The van der Waals surface area contributed by atoms with E-state index in [1.54, 1.807) is 4.90 Å². The molecule has 0 saturated carbocycles. The Hall–Kier alpha value is -1.49. The molecule has 2 heterocycles. The van der Waals surface area contributed by atoms with Crippen LogP contribution >= 0.6 is 0 Å². The fourth-order valence-corrected chi connectivity index (χ4v) is 2.50. The second-order valence-electron chi connectivity index (χ2n) is 6.31. The molecule has 1 fully saturated rings. The van der Waals surface area contributed by atoms with Gasteiger partial charge in [-0.1, -0.05) is 12.2 Å². The van der Waals surface area contributed by atoms with E-state index in [1.807, 2.05) is 39.1 Å². The minimum absolute atomic E-state index is 0.0468. The number of allylic oxidation sites excluding steroid dienone is 2. The number of hydrogen-bond acceptors (Lipinski definition) is 4. The summed E-state index contributed by atoms with van der Waals surface area (Å²) in [6.07, 6.45) is 8.57. The van der Waals surface area contributed by atoms with Gasteiger partial charge in [0.25, 0.3) is 0 Å². The average Bonchev–Trinajstić information content (AvgIpc) is 2.37. The van der Waals surface area contributed by atoms with Gasteiger partial charge >= 0.3 is 6.09 Å². The van der Waals surface area contributed by atoms with E-state index in [0.29, 0.717) is 13.0 Å². The summed E-state index contributed by atoms with van der Waals surface area (Å²) in [5, 5.41) is 9.84. The van der Waals surface area contributed by atoms with Crippen LogP contribution in [-0.2, 0) is 4.74 Å². The first kappa shape index (κ1) is 14.9. The SMILES string of the molecule is CC(C)(C)OC(=O)N1CC(O)CCC1N1C=CC=CC1. The van der Waals surface area contributed by atoms with Crippen molar-refractivity contribution in [2.45, 2.75) is 51.5 Å². The monoisotopic (exact) mass is 280 g/mol. The van der Waals surface area contributed by atoms with Gasteiger partial charge in [0.2, 0.25) is 0 Å². The average molecular weight is 280 g/mol. The molecule has 0 aromatic rings. The number of rotatable bonds is 1. The number of ether oxygens (including phenoxy) is 1. The summed E-state index contributed by atoms with van der Waals surface area (Å²) in [4.78, 5) is 16.1. The molecule has 0 aromatic heterocycles. The Morgan fingerprint density at radius 3 is 2.65 bits per heavy atom. The first-order valence-electron chi connectivity index (χ1n) is 7.13. The molecule has 0 bridgehead atoms. The van der Waals surface area contributed by atoms with E-state index in [2.05, 4.69) is 11.0 Å². The molecule has 112 valence electrons. The number of carbonyl (C=O) groups is 1. The van der Waals surface area contributed by atoms with Crippen LogP contribution in [0.1, 0.15) is 33.6 Å².